The van der Waals surface area contributed by atoms with Gasteiger partial charge in [-0.2, -0.15) is 0 Å². The van der Waals surface area contributed by atoms with Crippen LogP contribution >= 0.6 is 15.9 Å². The van der Waals surface area contributed by atoms with Crippen molar-refractivity contribution in [1.82, 2.24) is 4.98 Å². The lowest BCUT2D eigenvalue weighted by Gasteiger charge is -2.35. The van der Waals surface area contributed by atoms with Crippen molar-refractivity contribution in [2.45, 2.75) is 30.0 Å². The van der Waals surface area contributed by atoms with Crippen molar-refractivity contribution in [3.05, 3.63) is 35.5 Å². The number of hydrogen-bond acceptors (Lipinski definition) is 1. The highest BCUT2D eigenvalue weighted by Gasteiger charge is 2.41. The van der Waals surface area contributed by atoms with E-state index in [2.05, 4.69) is 45.2 Å². The number of hydrogen-bond donors (Lipinski definition) is 1. The van der Waals surface area contributed by atoms with E-state index in [9.17, 15) is 4.79 Å². The predicted molar refractivity (Wildman–Crippen MR) is 75.2 cm³/mol. The summed E-state index contributed by atoms with van der Waals surface area (Å²) in [6, 6.07) is 8.44. The van der Waals surface area contributed by atoms with E-state index in [-0.39, 0.29) is 10.7 Å². The van der Waals surface area contributed by atoms with E-state index in [1.54, 1.807) is 0 Å². The zero-order chi connectivity index (χ0) is 12.3. The third-order valence-corrected chi connectivity index (χ3v) is 5.30. The summed E-state index contributed by atoms with van der Waals surface area (Å²) in [5, 5.41) is 1.31. The van der Waals surface area contributed by atoms with Gasteiger partial charge in [-0.15, -0.1) is 0 Å². The monoisotopic (exact) mass is 303 g/mol. The zero-order valence-electron chi connectivity index (χ0n) is 9.95. The Hall–Kier alpha value is -1.09. The summed E-state index contributed by atoms with van der Waals surface area (Å²) in [7, 11) is 0. The molecule has 2 aromatic rings. The third-order valence-electron chi connectivity index (χ3n) is 4.48. The number of ketones is 1. The number of benzene rings is 1. The van der Waals surface area contributed by atoms with Gasteiger partial charge in [-0.3, -0.25) is 4.79 Å². The number of nitrogens with one attached hydrogen (secondary N) is 1. The molecule has 2 aliphatic carbocycles. The molecule has 1 N–H and O–H groups in total. The van der Waals surface area contributed by atoms with Crippen molar-refractivity contribution in [1.29, 1.82) is 0 Å². The van der Waals surface area contributed by atoms with Crippen molar-refractivity contribution in [3.63, 3.8) is 0 Å². The molecule has 3 unspecified atom stereocenters. The molecule has 2 aliphatic rings. The van der Waals surface area contributed by atoms with Gasteiger partial charge in [0.1, 0.15) is 5.78 Å². The van der Waals surface area contributed by atoms with Gasteiger partial charge in [0.2, 0.25) is 0 Å². The van der Waals surface area contributed by atoms with E-state index >= 15 is 0 Å². The van der Waals surface area contributed by atoms with Crippen molar-refractivity contribution < 1.29 is 4.79 Å². The van der Waals surface area contributed by atoms with Gasteiger partial charge in [-0.05, 0) is 30.9 Å². The van der Waals surface area contributed by atoms with Crippen LogP contribution in [0.3, 0.4) is 0 Å². The topological polar surface area (TPSA) is 32.9 Å². The molecule has 1 heterocycles. The number of alkyl halides is 1. The summed E-state index contributed by atoms with van der Waals surface area (Å²) >= 11 is 3.54. The van der Waals surface area contributed by atoms with E-state index in [1.807, 2.05) is 0 Å². The number of H-pyrrole nitrogens is 1. The van der Waals surface area contributed by atoms with Gasteiger partial charge >= 0.3 is 0 Å². The smallest absolute Gasteiger partial charge is 0.149 e. The van der Waals surface area contributed by atoms with Gasteiger partial charge in [0.25, 0.3) is 0 Å². The van der Waals surface area contributed by atoms with Crippen molar-refractivity contribution in [3.8, 4) is 0 Å². The molecule has 0 saturated heterocycles. The summed E-state index contributed by atoms with van der Waals surface area (Å²) in [4.78, 5) is 15.8. The Morgan fingerprint density at radius 3 is 2.89 bits per heavy atom. The number of carbonyl (C=O) groups is 1. The lowest BCUT2D eigenvalue weighted by molar-refractivity contribution is -0.124. The quantitative estimate of drug-likeness (QED) is 0.742. The summed E-state index contributed by atoms with van der Waals surface area (Å²) < 4.78 is 0. The van der Waals surface area contributed by atoms with E-state index in [0.29, 0.717) is 11.7 Å². The Balaban J connectivity index is 1.92. The fraction of sp³-hybridized carbons (Fsp3) is 0.400. The van der Waals surface area contributed by atoms with Gasteiger partial charge in [0.05, 0.1) is 4.83 Å². The molecule has 3 heteroatoms. The van der Waals surface area contributed by atoms with Crippen LogP contribution in [-0.2, 0) is 11.2 Å². The minimum atomic E-state index is 0.0563. The Morgan fingerprint density at radius 2 is 2.00 bits per heavy atom. The maximum absolute atomic E-state index is 12.1. The average molecular weight is 304 g/mol. The van der Waals surface area contributed by atoms with E-state index < -0.39 is 0 Å². The van der Waals surface area contributed by atoms with Gasteiger partial charge < -0.3 is 4.98 Å². The Morgan fingerprint density at radius 1 is 1.17 bits per heavy atom. The van der Waals surface area contributed by atoms with Crippen LogP contribution in [0.1, 0.15) is 30.0 Å². The maximum Gasteiger partial charge on any atom is 0.149 e. The van der Waals surface area contributed by atoms with Gasteiger partial charge in [-0.1, -0.05) is 34.1 Å². The molecule has 1 fully saturated rings. The molecule has 3 atom stereocenters. The molecule has 92 valence electrons. The minimum absolute atomic E-state index is 0.0563. The summed E-state index contributed by atoms with van der Waals surface area (Å²) in [6.45, 7) is 0. The Bertz CT molecular complexity index is 645. The molecule has 0 aliphatic heterocycles. The number of aromatic amines is 1. The molecular formula is C15H14BrNO. The molecular weight excluding hydrogens is 290 g/mol. The van der Waals surface area contributed by atoms with Crippen molar-refractivity contribution >= 4 is 32.6 Å². The van der Waals surface area contributed by atoms with Gasteiger partial charge in [0.15, 0.2) is 0 Å². The van der Waals surface area contributed by atoms with Crippen LogP contribution in [0.2, 0.25) is 0 Å². The first-order valence-corrected chi connectivity index (χ1v) is 7.43. The van der Waals surface area contributed by atoms with Gasteiger partial charge in [0, 0.05) is 28.4 Å². The van der Waals surface area contributed by atoms with Crippen LogP contribution in [0.5, 0.6) is 0 Å². The average Bonchev–Trinajstić information content (AvgIpc) is 2.75. The molecule has 0 spiro atoms. The number of carbonyl (C=O) groups excluding carboxylic acids is 1. The van der Waals surface area contributed by atoms with Crippen LogP contribution in [0.25, 0.3) is 10.9 Å². The lowest BCUT2D eigenvalue weighted by Crippen LogP contribution is -2.37. The molecule has 0 amide bonds. The second kappa shape index (κ2) is 3.70. The first-order chi connectivity index (χ1) is 8.74. The summed E-state index contributed by atoms with van der Waals surface area (Å²) in [5.74, 6) is 1.15. The number of aromatic nitrogens is 1. The van der Waals surface area contributed by atoms with E-state index in [1.165, 1.54) is 22.2 Å². The fourth-order valence-electron chi connectivity index (χ4n) is 3.63. The first kappa shape index (κ1) is 10.8. The zero-order valence-corrected chi connectivity index (χ0v) is 11.5. The molecule has 1 aromatic carbocycles. The Labute approximate surface area is 114 Å². The number of para-hydroxylation sites is 1. The Kier molecular flexibility index (Phi) is 2.22. The SMILES string of the molecule is O=C1C(Br)CC2CC1Cc1c2[nH]c2ccccc12. The molecule has 1 saturated carbocycles. The van der Waals surface area contributed by atoms with Crippen LogP contribution in [0, 0.1) is 5.92 Å². The van der Waals surface area contributed by atoms with Gasteiger partial charge in [-0.25, -0.2) is 0 Å². The number of Topliss-reactive ketones (excluding diaryl/α,β-unsaturated/α-hetero) is 1. The van der Waals surface area contributed by atoms with Crippen molar-refractivity contribution in [2.75, 3.05) is 0 Å². The van der Waals surface area contributed by atoms with Crippen LogP contribution < -0.4 is 0 Å². The highest BCUT2D eigenvalue weighted by molar-refractivity contribution is 9.10. The standard InChI is InChI=1S/C15H14BrNO/c16-12-7-8-5-9(15(12)18)6-11-10-3-1-2-4-13(10)17-14(8)11/h1-4,8-9,12,17H,5-7H2. The van der Waals surface area contributed by atoms with Crippen LogP contribution in [0.15, 0.2) is 24.3 Å². The van der Waals surface area contributed by atoms with Crippen LogP contribution in [-0.4, -0.2) is 15.6 Å². The third kappa shape index (κ3) is 1.37. The lowest BCUT2D eigenvalue weighted by atomic mass is 9.70. The van der Waals surface area contributed by atoms with E-state index in [4.69, 9.17) is 0 Å². The minimum Gasteiger partial charge on any atom is -0.358 e. The molecule has 2 bridgehead atoms. The molecule has 18 heavy (non-hydrogen) atoms. The summed E-state index contributed by atoms with van der Waals surface area (Å²) in [5.41, 5.74) is 3.98. The highest BCUT2D eigenvalue weighted by atomic mass is 79.9. The summed E-state index contributed by atoms with van der Waals surface area (Å²) in [6.07, 6.45) is 2.88. The van der Waals surface area contributed by atoms with Crippen LogP contribution in [0.4, 0.5) is 0 Å². The number of rotatable bonds is 0. The molecule has 1 aromatic heterocycles. The fourth-order valence-corrected chi connectivity index (χ4v) is 4.46. The first-order valence-electron chi connectivity index (χ1n) is 6.51. The number of halogens is 1. The van der Waals surface area contributed by atoms with E-state index in [0.717, 1.165) is 19.3 Å². The highest BCUT2D eigenvalue weighted by Crippen LogP contribution is 2.46. The second-order valence-corrected chi connectivity index (χ2v) is 6.61. The second-order valence-electron chi connectivity index (χ2n) is 5.50. The largest absolute Gasteiger partial charge is 0.358 e. The maximum atomic E-state index is 12.1. The normalized spacial score (nSPS) is 30.5. The van der Waals surface area contributed by atoms with Crippen molar-refractivity contribution in [2.24, 2.45) is 5.92 Å². The molecule has 0 radical (unpaired) electrons. The predicted octanol–water partition coefficient (Wildman–Crippen LogP) is 3.55. The number of fused-ring (bicyclic) bond motifs is 6. The molecule has 2 nitrogen and oxygen atoms in total. The molecule has 4 rings (SSSR count).